The van der Waals surface area contributed by atoms with Gasteiger partial charge in [-0.05, 0) is 29.8 Å². The highest BCUT2D eigenvalue weighted by atomic mass is 32.2. The first-order valence-corrected chi connectivity index (χ1v) is 11.6. The van der Waals surface area contributed by atoms with Crippen LogP contribution in [0.15, 0.2) is 76.1 Å². The fraction of sp³-hybridized carbons (Fsp3) is 0.160. The van der Waals surface area contributed by atoms with Crippen molar-refractivity contribution < 1.29 is 29.0 Å². The number of aliphatic hydroxyl groups excluding tert-OH is 2. The van der Waals surface area contributed by atoms with E-state index in [-0.39, 0.29) is 12.5 Å². The van der Waals surface area contributed by atoms with Gasteiger partial charge < -0.3 is 19.4 Å². The minimum absolute atomic E-state index is 0.161. The van der Waals surface area contributed by atoms with E-state index in [2.05, 4.69) is 0 Å². The smallest absolute Gasteiger partial charge is 0.338 e. The number of amides is 1. The van der Waals surface area contributed by atoms with Gasteiger partial charge in [0.2, 0.25) is 0 Å². The Morgan fingerprint density at radius 2 is 1.85 bits per heavy atom. The van der Waals surface area contributed by atoms with Gasteiger partial charge in [-0.1, -0.05) is 66.4 Å². The zero-order valence-electron chi connectivity index (χ0n) is 17.9. The van der Waals surface area contributed by atoms with Gasteiger partial charge in [-0.3, -0.25) is 9.69 Å². The number of hydrogen-bond donors (Lipinski definition) is 2. The molecule has 2 aromatic carbocycles. The quantitative estimate of drug-likeness (QED) is 0.276. The van der Waals surface area contributed by atoms with Gasteiger partial charge in [0.25, 0.3) is 5.91 Å². The fourth-order valence-corrected chi connectivity index (χ4v) is 4.43. The van der Waals surface area contributed by atoms with Crippen LogP contribution < -0.4 is 0 Å². The summed E-state index contributed by atoms with van der Waals surface area (Å²) in [5.74, 6) is 0.320. The first-order valence-electron chi connectivity index (χ1n) is 10.4. The normalized spacial score (nSPS) is 15.7. The molecule has 0 saturated carbocycles. The Morgan fingerprint density at radius 1 is 1.12 bits per heavy atom. The molecule has 1 aromatic heterocycles. The molecule has 2 N–H and O–H groups in total. The van der Waals surface area contributed by atoms with Crippen molar-refractivity contribution in [2.24, 2.45) is 0 Å². The highest BCUT2D eigenvalue weighted by Crippen LogP contribution is 2.34. The van der Waals surface area contributed by atoms with Crippen molar-refractivity contribution >= 4 is 46.3 Å². The van der Waals surface area contributed by atoms with Crippen LogP contribution in [0.4, 0.5) is 0 Å². The minimum Gasteiger partial charge on any atom is -0.459 e. The summed E-state index contributed by atoms with van der Waals surface area (Å²) in [5.41, 5.74) is 2.04. The average Bonchev–Trinajstić information content (AvgIpc) is 3.43. The average molecular weight is 496 g/mol. The largest absolute Gasteiger partial charge is 0.459 e. The number of benzene rings is 2. The lowest BCUT2D eigenvalue weighted by atomic mass is 10.1. The summed E-state index contributed by atoms with van der Waals surface area (Å²) in [7, 11) is 0. The van der Waals surface area contributed by atoms with Gasteiger partial charge in [0, 0.05) is 11.6 Å². The van der Waals surface area contributed by atoms with Crippen LogP contribution >= 0.6 is 24.0 Å². The molecule has 1 amide bonds. The first-order chi connectivity index (χ1) is 16.4. The molecular weight excluding hydrogens is 474 g/mol. The molecule has 1 unspecified atom stereocenters. The molecule has 9 heteroatoms. The van der Waals surface area contributed by atoms with Gasteiger partial charge in [0.05, 0.1) is 23.6 Å². The number of esters is 1. The second-order valence-corrected chi connectivity index (χ2v) is 9.14. The third kappa shape index (κ3) is 5.63. The number of hydrogen-bond acceptors (Lipinski definition) is 8. The van der Waals surface area contributed by atoms with E-state index in [1.807, 2.05) is 30.3 Å². The molecule has 7 nitrogen and oxygen atoms in total. The maximum absolute atomic E-state index is 12.9. The van der Waals surface area contributed by atoms with Gasteiger partial charge in [0.1, 0.15) is 28.6 Å². The standard InChI is InChI=1S/C25H21NO6S2/c27-14-19(28)15-31-24(30)18-8-6-17(7-9-18)21-11-10-20(32-21)12-22-23(29)26(25(33)34-22)13-16-4-2-1-3-5-16/h1-12,19,27-28H,13-15H2/b22-12+. The van der Waals surface area contributed by atoms with Crippen LogP contribution in [0.25, 0.3) is 17.4 Å². The maximum Gasteiger partial charge on any atom is 0.338 e. The van der Waals surface area contributed by atoms with E-state index < -0.39 is 18.7 Å². The summed E-state index contributed by atoms with van der Waals surface area (Å²) < 4.78 is 11.3. The Hall–Kier alpha value is -3.24. The summed E-state index contributed by atoms with van der Waals surface area (Å²) >= 11 is 6.64. The third-order valence-electron chi connectivity index (χ3n) is 4.98. The van der Waals surface area contributed by atoms with E-state index >= 15 is 0 Å². The van der Waals surface area contributed by atoms with Crippen LogP contribution in [-0.2, 0) is 16.1 Å². The van der Waals surface area contributed by atoms with Crippen molar-refractivity contribution in [1.82, 2.24) is 4.90 Å². The molecule has 174 valence electrons. The number of nitrogens with zero attached hydrogens (tertiary/aromatic N) is 1. The van der Waals surface area contributed by atoms with Crippen molar-refractivity contribution in [1.29, 1.82) is 0 Å². The van der Waals surface area contributed by atoms with Gasteiger partial charge in [-0.25, -0.2) is 4.79 Å². The lowest BCUT2D eigenvalue weighted by Crippen LogP contribution is -2.27. The number of carbonyl (C=O) groups excluding carboxylic acids is 2. The number of thiocarbonyl (C=S) groups is 1. The highest BCUT2D eigenvalue weighted by molar-refractivity contribution is 8.26. The van der Waals surface area contributed by atoms with E-state index in [1.165, 1.54) is 11.8 Å². The topological polar surface area (TPSA) is 100 Å². The van der Waals surface area contributed by atoms with Crippen LogP contribution in [0.5, 0.6) is 0 Å². The first kappa shape index (κ1) is 23.9. The number of aliphatic hydroxyl groups is 2. The van der Waals surface area contributed by atoms with Crippen molar-refractivity contribution in [3.8, 4) is 11.3 Å². The Kier molecular flexibility index (Phi) is 7.59. The molecule has 1 atom stereocenters. The summed E-state index contributed by atoms with van der Waals surface area (Å²) in [6.07, 6.45) is 0.565. The van der Waals surface area contributed by atoms with Gasteiger partial charge in [0.15, 0.2) is 0 Å². The highest BCUT2D eigenvalue weighted by Gasteiger charge is 2.32. The number of ether oxygens (including phenoxy) is 1. The molecule has 0 bridgehead atoms. The molecular formula is C25H21NO6S2. The molecule has 3 aromatic rings. The summed E-state index contributed by atoms with van der Waals surface area (Å²) in [6.45, 7) is -0.347. The molecule has 34 heavy (non-hydrogen) atoms. The van der Waals surface area contributed by atoms with E-state index in [4.69, 9.17) is 26.5 Å². The summed E-state index contributed by atoms with van der Waals surface area (Å²) in [4.78, 5) is 26.9. The minimum atomic E-state index is -1.11. The van der Waals surface area contributed by atoms with E-state index in [1.54, 1.807) is 47.4 Å². The van der Waals surface area contributed by atoms with Crippen molar-refractivity contribution in [3.63, 3.8) is 0 Å². The predicted octanol–water partition coefficient (Wildman–Crippen LogP) is 3.86. The summed E-state index contributed by atoms with van der Waals surface area (Å²) in [5, 5.41) is 18.1. The Balaban J connectivity index is 1.42. The molecule has 4 rings (SSSR count). The van der Waals surface area contributed by atoms with Gasteiger partial charge in [-0.2, -0.15) is 0 Å². The Bertz CT molecular complexity index is 1220. The molecule has 0 spiro atoms. The lowest BCUT2D eigenvalue weighted by molar-refractivity contribution is -0.122. The number of rotatable bonds is 8. The zero-order valence-corrected chi connectivity index (χ0v) is 19.6. The monoisotopic (exact) mass is 495 g/mol. The second-order valence-electron chi connectivity index (χ2n) is 7.47. The van der Waals surface area contributed by atoms with Crippen LogP contribution in [0.2, 0.25) is 0 Å². The van der Waals surface area contributed by atoms with Crippen molar-refractivity contribution in [3.05, 3.63) is 88.5 Å². The van der Waals surface area contributed by atoms with Gasteiger partial charge >= 0.3 is 5.97 Å². The van der Waals surface area contributed by atoms with E-state index in [9.17, 15) is 14.7 Å². The zero-order chi connectivity index (χ0) is 24.1. The van der Waals surface area contributed by atoms with Crippen LogP contribution in [0.1, 0.15) is 21.7 Å². The number of thioether (sulfide) groups is 1. The van der Waals surface area contributed by atoms with Crippen LogP contribution in [0.3, 0.4) is 0 Å². The SMILES string of the molecule is O=C(OCC(O)CO)c1ccc(-c2ccc(/C=C3/SC(=S)N(Cc4ccccc4)C3=O)o2)cc1. The molecule has 2 heterocycles. The molecule has 1 aliphatic rings. The lowest BCUT2D eigenvalue weighted by Gasteiger charge is -2.14. The molecule has 1 aliphatic heterocycles. The van der Waals surface area contributed by atoms with E-state index in [0.29, 0.717) is 32.9 Å². The van der Waals surface area contributed by atoms with Crippen LogP contribution in [-0.4, -0.2) is 50.6 Å². The molecule has 0 aliphatic carbocycles. The molecule has 0 radical (unpaired) electrons. The Labute approximate surface area is 205 Å². The number of furan rings is 1. The summed E-state index contributed by atoms with van der Waals surface area (Å²) in [6, 6.07) is 19.8. The van der Waals surface area contributed by atoms with Crippen LogP contribution in [0, 0.1) is 0 Å². The predicted molar refractivity (Wildman–Crippen MR) is 133 cm³/mol. The van der Waals surface area contributed by atoms with Gasteiger partial charge in [-0.15, -0.1) is 0 Å². The maximum atomic E-state index is 12.9. The van der Waals surface area contributed by atoms with E-state index in [0.717, 1.165) is 11.1 Å². The molecule has 1 saturated heterocycles. The number of carbonyl (C=O) groups is 2. The Morgan fingerprint density at radius 3 is 2.56 bits per heavy atom. The fourth-order valence-electron chi connectivity index (χ4n) is 3.20. The van der Waals surface area contributed by atoms with Crippen molar-refractivity contribution in [2.45, 2.75) is 12.6 Å². The van der Waals surface area contributed by atoms with Crippen molar-refractivity contribution in [2.75, 3.05) is 13.2 Å². The second kappa shape index (κ2) is 10.8. The molecule has 1 fully saturated rings. The third-order valence-corrected chi connectivity index (χ3v) is 6.36.